The summed E-state index contributed by atoms with van der Waals surface area (Å²) in [5.74, 6) is 0.494. The van der Waals surface area contributed by atoms with Crippen molar-refractivity contribution in [1.29, 1.82) is 0 Å². The number of anilines is 1. The topological polar surface area (TPSA) is 63.2 Å². The summed E-state index contributed by atoms with van der Waals surface area (Å²) in [6.07, 6.45) is 1.58. The molecule has 2 rings (SSSR count). The molecule has 0 fully saturated rings. The van der Waals surface area contributed by atoms with Gasteiger partial charge in [0.2, 0.25) is 0 Å². The van der Waals surface area contributed by atoms with Crippen molar-refractivity contribution in [3.05, 3.63) is 59.7 Å². The van der Waals surface area contributed by atoms with E-state index in [-0.39, 0.29) is 12.5 Å². The van der Waals surface area contributed by atoms with Gasteiger partial charge in [-0.15, -0.1) is 0 Å². The van der Waals surface area contributed by atoms with Crippen LogP contribution in [0.25, 0.3) is 0 Å². The van der Waals surface area contributed by atoms with Gasteiger partial charge in [0, 0.05) is 31.9 Å². The third-order valence-electron chi connectivity index (χ3n) is 3.55. The number of hydrogen-bond acceptors (Lipinski definition) is 5. The van der Waals surface area contributed by atoms with E-state index < -0.39 is 0 Å². The molecule has 6 heteroatoms. The van der Waals surface area contributed by atoms with Crippen molar-refractivity contribution in [3.8, 4) is 5.75 Å². The molecule has 0 aliphatic carbocycles. The highest BCUT2D eigenvalue weighted by atomic mass is 16.6. The second-order valence-electron chi connectivity index (χ2n) is 5.58. The number of methoxy groups -OCH3 is 1. The van der Waals surface area contributed by atoms with Gasteiger partial charge in [-0.25, -0.2) is 0 Å². The number of benzene rings is 2. The highest BCUT2D eigenvalue weighted by molar-refractivity contribution is 5.80. The van der Waals surface area contributed by atoms with Gasteiger partial charge in [0.05, 0.1) is 13.3 Å². The Morgan fingerprint density at radius 2 is 1.88 bits per heavy atom. The van der Waals surface area contributed by atoms with E-state index >= 15 is 0 Å². The molecule has 0 saturated carbocycles. The van der Waals surface area contributed by atoms with E-state index in [1.807, 2.05) is 67.5 Å². The molecule has 1 N–H and O–H groups in total. The minimum Gasteiger partial charge on any atom is -0.496 e. The van der Waals surface area contributed by atoms with Gasteiger partial charge in [0.15, 0.2) is 6.61 Å². The Hall–Kier alpha value is -3.02. The molecule has 0 heterocycles. The van der Waals surface area contributed by atoms with Crippen LogP contribution in [-0.2, 0) is 16.2 Å². The van der Waals surface area contributed by atoms with Crippen LogP contribution in [0, 0.1) is 0 Å². The standard InChI is InChI=1S/C19H23N3O3/c1-22(2)17-10-8-15(9-11-17)12-21-25-14-19(23)20-13-16-6-4-5-7-18(16)24-3/h4-12H,13-14H2,1-3H3,(H,20,23)/b21-12-. The Bertz CT molecular complexity index is 712. The molecule has 0 unspecified atom stereocenters. The molecule has 0 saturated heterocycles. The number of carbonyl (C=O) groups excluding carboxylic acids is 1. The fourth-order valence-electron chi connectivity index (χ4n) is 2.15. The van der Waals surface area contributed by atoms with Crippen LogP contribution in [0.5, 0.6) is 5.75 Å². The average Bonchev–Trinajstić information content (AvgIpc) is 2.64. The lowest BCUT2D eigenvalue weighted by Crippen LogP contribution is -2.26. The summed E-state index contributed by atoms with van der Waals surface area (Å²) < 4.78 is 5.24. The summed E-state index contributed by atoms with van der Waals surface area (Å²) >= 11 is 0. The predicted molar refractivity (Wildman–Crippen MR) is 99.2 cm³/mol. The van der Waals surface area contributed by atoms with Crippen LogP contribution in [0.1, 0.15) is 11.1 Å². The molecule has 0 spiro atoms. The molecule has 6 nitrogen and oxygen atoms in total. The van der Waals surface area contributed by atoms with E-state index in [0.29, 0.717) is 6.54 Å². The first-order valence-electron chi connectivity index (χ1n) is 7.91. The maximum atomic E-state index is 11.8. The third-order valence-corrected chi connectivity index (χ3v) is 3.55. The zero-order chi connectivity index (χ0) is 18.1. The van der Waals surface area contributed by atoms with E-state index in [4.69, 9.17) is 9.57 Å². The number of amides is 1. The molecule has 25 heavy (non-hydrogen) atoms. The van der Waals surface area contributed by atoms with Crippen LogP contribution < -0.4 is 15.0 Å². The second kappa shape index (κ2) is 9.32. The first kappa shape index (κ1) is 18.3. The number of hydrogen-bond donors (Lipinski definition) is 1. The van der Waals surface area contributed by atoms with Crippen LogP contribution in [0.2, 0.25) is 0 Å². The van der Waals surface area contributed by atoms with Crippen molar-refractivity contribution in [2.75, 3.05) is 32.7 Å². The lowest BCUT2D eigenvalue weighted by molar-refractivity contribution is -0.125. The van der Waals surface area contributed by atoms with Crippen molar-refractivity contribution in [3.63, 3.8) is 0 Å². The number of ether oxygens (including phenoxy) is 1. The van der Waals surface area contributed by atoms with Crippen LogP contribution in [0.15, 0.2) is 53.7 Å². The Kier molecular flexibility index (Phi) is 6.83. The van der Waals surface area contributed by atoms with Crippen molar-refractivity contribution in [2.24, 2.45) is 5.16 Å². The fourth-order valence-corrected chi connectivity index (χ4v) is 2.15. The summed E-state index contributed by atoms with van der Waals surface area (Å²) in [5.41, 5.74) is 2.91. The van der Waals surface area contributed by atoms with Gasteiger partial charge in [0.1, 0.15) is 5.75 Å². The van der Waals surface area contributed by atoms with Crippen LogP contribution in [-0.4, -0.2) is 39.9 Å². The third kappa shape index (κ3) is 5.84. The highest BCUT2D eigenvalue weighted by Crippen LogP contribution is 2.16. The summed E-state index contributed by atoms with van der Waals surface area (Å²) in [6, 6.07) is 15.4. The van der Waals surface area contributed by atoms with Gasteiger partial charge in [0.25, 0.3) is 5.91 Å². The van der Waals surface area contributed by atoms with E-state index in [0.717, 1.165) is 22.6 Å². The molecule has 1 amide bonds. The Labute approximate surface area is 148 Å². The quantitative estimate of drug-likeness (QED) is 0.592. The summed E-state index contributed by atoms with van der Waals surface area (Å²) in [7, 11) is 5.56. The first-order valence-corrected chi connectivity index (χ1v) is 7.91. The molecule has 0 bridgehead atoms. The maximum absolute atomic E-state index is 11.8. The Balaban J connectivity index is 1.74. The van der Waals surface area contributed by atoms with E-state index in [2.05, 4.69) is 10.5 Å². The van der Waals surface area contributed by atoms with Gasteiger partial charge in [-0.3, -0.25) is 4.79 Å². The van der Waals surface area contributed by atoms with Gasteiger partial charge in [-0.05, 0) is 23.8 Å². The highest BCUT2D eigenvalue weighted by Gasteiger charge is 2.05. The maximum Gasteiger partial charge on any atom is 0.261 e. The Morgan fingerprint density at radius 1 is 1.16 bits per heavy atom. The number of oxime groups is 1. The molecule has 2 aromatic carbocycles. The molecular weight excluding hydrogens is 318 g/mol. The molecule has 0 aromatic heterocycles. The van der Waals surface area contributed by atoms with Gasteiger partial charge >= 0.3 is 0 Å². The molecule has 0 aliphatic rings. The predicted octanol–water partition coefficient (Wildman–Crippen LogP) is 2.43. The fraction of sp³-hybridized carbons (Fsp3) is 0.263. The summed E-state index contributed by atoms with van der Waals surface area (Å²) in [4.78, 5) is 18.8. The molecule has 132 valence electrons. The van der Waals surface area contributed by atoms with Crippen molar-refractivity contribution >= 4 is 17.8 Å². The van der Waals surface area contributed by atoms with E-state index in [9.17, 15) is 4.79 Å². The first-order chi connectivity index (χ1) is 12.1. The van der Waals surface area contributed by atoms with Gasteiger partial charge < -0.3 is 19.8 Å². The largest absolute Gasteiger partial charge is 0.496 e. The number of para-hydroxylation sites is 1. The number of nitrogens with zero attached hydrogens (tertiary/aromatic N) is 2. The number of carbonyl (C=O) groups is 1. The minimum atomic E-state index is -0.244. The van der Waals surface area contributed by atoms with Gasteiger partial charge in [-0.1, -0.05) is 35.5 Å². The number of nitrogens with one attached hydrogen (secondary N) is 1. The average molecular weight is 341 g/mol. The molecule has 0 aliphatic heterocycles. The van der Waals surface area contributed by atoms with Crippen molar-refractivity contribution < 1.29 is 14.4 Å². The lowest BCUT2D eigenvalue weighted by atomic mass is 10.2. The van der Waals surface area contributed by atoms with Crippen LogP contribution >= 0.6 is 0 Å². The zero-order valence-corrected chi connectivity index (χ0v) is 14.7. The van der Waals surface area contributed by atoms with Gasteiger partial charge in [-0.2, -0.15) is 0 Å². The summed E-state index contributed by atoms with van der Waals surface area (Å²) in [5, 5.41) is 6.59. The van der Waals surface area contributed by atoms with Crippen LogP contribution in [0.3, 0.4) is 0 Å². The normalized spacial score (nSPS) is 10.5. The number of rotatable bonds is 8. The smallest absolute Gasteiger partial charge is 0.261 e. The summed E-state index contributed by atoms with van der Waals surface area (Å²) in [6.45, 7) is 0.239. The minimum absolute atomic E-state index is 0.137. The molecule has 2 aromatic rings. The molecule has 0 atom stereocenters. The van der Waals surface area contributed by atoms with Crippen LogP contribution in [0.4, 0.5) is 5.69 Å². The van der Waals surface area contributed by atoms with E-state index in [1.54, 1.807) is 13.3 Å². The molecular formula is C19H23N3O3. The van der Waals surface area contributed by atoms with Crippen molar-refractivity contribution in [1.82, 2.24) is 5.32 Å². The lowest BCUT2D eigenvalue weighted by Gasteiger charge is -2.11. The Morgan fingerprint density at radius 3 is 2.56 bits per heavy atom. The van der Waals surface area contributed by atoms with Crippen molar-refractivity contribution in [2.45, 2.75) is 6.54 Å². The van der Waals surface area contributed by atoms with E-state index in [1.165, 1.54) is 0 Å². The molecule has 0 radical (unpaired) electrons. The zero-order valence-electron chi connectivity index (χ0n) is 14.7. The second-order valence-corrected chi connectivity index (χ2v) is 5.58. The monoisotopic (exact) mass is 341 g/mol. The SMILES string of the molecule is COc1ccccc1CNC(=O)CO/N=C\c1ccc(N(C)C)cc1.